The normalized spacial score (nSPS) is 33.3. The van der Waals surface area contributed by atoms with E-state index in [-0.39, 0.29) is 11.9 Å². The van der Waals surface area contributed by atoms with Gasteiger partial charge in [-0.05, 0) is 32.1 Å². The number of hydrogen-bond acceptors (Lipinski definition) is 3. The van der Waals surface area contributed by atoms with Gasteiger partial charge >= 0.3 is 5.97 Å². The van der Waals surface area contributed by atoms with Gasteiger partial charge in [-0.3, -0.25) is 4.79 Å². The summed E-state index contributed by atoms with van der Waals surface area (Å²) in [5.74, 6) is 0.668. The molecule has 2 rings (SSSR count). The van der Waals surface area contributed by atoms with Crippen LogP contribution in [0.5, 0.6) is 0 Å². The number of rotatable bonds is 5. The lowest BCUT2D eigenvalue weighted by Crippen LogP contribution is -2.24. The Morgan fingerprint density at radius 2 is 2.20 bits per heavy atom. The van der Waals surface area contributed by atoms with Gasteiger partial charge in [-0.15, -0.1) is 11.6 Å². The quantitative estimate of drug-likeness (QED) is 0.315. The maximum Gasteiger partial charge on any atom is 0.309 e. The average molecular weight is 233 g/mol. The van der Waals surface area contributed by atoms with Crippen molar-refractivity contribution in [2.75, 3.05) is 12.5 Å². The van der Waals surface area contributed by atoms with E-state index in [2.05, 4.69) is 0 Å². The Kier molecular flexibility index (Phi) is 3.87. The molecular weight excluding hydrogens is 216 g/mol. The van der Waals surface area contributed by atoms with E-state index in [4.69, 9.17) is 21.1 Å². The van der Waals surface area contributed by atoms with E-state index in [1.807, 2.05) is 0 Å². The minimum absolute atomic E-state index is 0.0430. The van der Waals surface area contributed by atoms with Crippen molar-refractivity contribution in [2.24, 2.45) is 5.92 Å². The summed E-state index contributed by atoms with van der Waals surface area (Å²) in [6, 6.07) is 0. The van der Waals surface area contributed by atoms with Crippen molar-refractivity contribution in [3.8, 4) is 0 Å². The molecule has 3 atom stereocenters. The summed E-state index contributed by atoms with van der Waals surface area (Å²) in [4.78, 5) is 11.6. The van der Waals surface area contributed by atoms with E-state index in [0.29, 0.717) is 24.7 Å². The summed E-state index contributed by atoms with van der Waals surface area (Å²) in [6.45, 7) is 0.511. The second-order valence-electron chi connectivity index (χ2n) is 4.29. The fraction of sp³-hybridized carbons (Fsp3) is 0.909. The van der Waals surface area contributed by atoms with Crippen molar-refractivity contribution < 1.29 is 14.3 Å². The van der Waals surface area contributed by atoms with E-state index in [1.165, 1.54) is 0 Å². The maximum absolute atomic E-state index is 11.6. The van der Waals surface area contributed by atoms with Crippen LogP contribution >= 0.6 is 11.6 Å². The monoisotopic (exact) mass is 232 g/mol. The van der Waals surface area contributed by atoms with Crippen molar-refractivity contribution in [1.82, 2.24) is 0 Å². The standard InChI is InChI=1S/C11H17ClO3/c12-5-1-2-6-14-11(13)8-3-4-9-10(7-8)15-9/h8-10H,1-7H2/t8-,9-,10-/m1/s1. The number of unbranched alkanes of at least 4 members (excludes halogenated alkanes) is 1. The zero-order chi connectivity index (χ0) is 10.7. The molecule has 0 N–H and O–H groups in total. The highest BCUT2D eigenvalue weighted by Gasteiger charge is 2.46. The molecule has 2 fully saturated rings. The minimum atomic E-state index is -0.0430. The average Bonchev–Trinajstić information content (AvgIpc) is 3.01. The predicted molar refractivity (Wildman–Crippen MR) is 56.9 cm³/mol. The summed E-state index contributed by atoms with van der Waals surface area (Å²) >= 11 is 5.53. The number of hydrogen-bond donors (Lipinski definition) is 0. The zero-order valence-electron chi connectivity index (χ0n) is 8.78. The molecule has 1 aliphatic heterocycles. The van der Waals surface area contributed by atoms with Crippen molar-refractivity contribution in [1.29, 1.82) is 0 Å². The van der Waals surface area contributed by atoms with Crippen LogP contribution in [0.3, 0.4) is 0 Å². The second kappa shape index (κ2) is 5.17. The number of ether oxygens (including phenoxy) is 2. The van der Waals surface area contributed by atoms with E-state index in [1.54, 1.807) is 0 Å². The van der Waals surface area contributed by atoms with Crippen molar-refractivity contribution >= 4 is 17.6 Å². The van der Waals surface area contributed by atoms with Crippen molar-refractivity contribution in [2.45, 2.75) is 44.3 Å². The van der Waals surface area contributed by atoms with E-state index in [0.717, 1.165) is 32.1 Å². The molecule has 0 amide bonds. The molecule has 86 valence electrons. The molecule has 0 radical (unpaired) electrons. The van der Waals surface area contributed by atoms with E-state index in [9.17, 15) is 4.79 Å². The SMILES string of the molecule is O=C(OCCCCCl)[C@@H]1CC[C@H]2O[C@@H]2C1. The molecule has 0 aromatic rings. The van der Waals surface area contributed by atoms with Gasteiger partial charge in [0, 0.05) is 5.88 Å². The number of alkyl halides is 1. The van der Waals surface area contributed by atoms with Crippen LogP contribution in [-0.2, 0) is 14.3 Å². The van der Waals surface area contributed by atoms with Gasteiger partial charge in [-0.2, -0.15) is 0 Å². The Labute approximate surface area is 95.1 Å². The van der Waals surface area contributed by atoms with Crippen LogP contribution in [0, 0.1) is 5.92 Å². The lowest BCUT2D eigenvalue weighted by molar-refractivity contribution is -0.149. The minimum Gasteiger partial charge on any atom is -0.465 e. The van der Waals surface area contributed by atoms with E-state index < -0.39 is 0 Å². The van der Waals surface area contributed by atoms with Crippen LogP contribution in [0.15, 0.2) is 0 Å². The number of epoxide rings is 1. The number of fused-ring (bicyclic) bond motifs is 1. The Morgan fingerprint density at radius 3 is 2.93 bits per heavy atom. The van der Waals surface area contributed by atoms with Crippen LogP contribution in [0.2, 0.25) is 0 Å². The first-order valence-electron chi connectivity index (χ1n) is 5.69. The molecule has 0 unspecified atom stereocenters. The fourth-order valence-corrected chi connectivity index (χ4v) is 2.29. The third-order valence-electron chi connectivity index (χ3n) is 3.11. The van der Waals surface area contributed by atoms with Gasteiger partial charge in [0.05, 0.1) is 24.7 Å². The number of carbonyl (C=O) groups is 1. The Morgan fingerprint density at radius 1 is 1.33 bits per heavy atom. The summed E-state index contributed by atoms with van der Waals surface area (Å²) in [5.41, 5.74) is 0. The third-order valence-corrected chi connectivity index (χ3v) is 3.38. The molecule has 0 bridgehead atoms. The maximum atomic E-state index is 11.6. The highest BCUT2D eigenvalue weighted by atomic mass is 35.5. The zero-order valence-corrected chi connectivity index (χ0v) is 9.54. The van der Waals surface area contributed by atoms with Crippen molar-refractivity contribution in [3.63, 3.8) is 0 Å². The van der Waals surface area contributed by atoms with Gasteiger partial charge in [-0.25, -0.2) is 0 Å². The summed E-state index contributed by atoms with van der Waals surface area (Å²) in [7, 11) is 0. The fourth-order valence-electron chi connectivity index (χ4n) is 2.11. The highest BCUT2D eigenvalue weighted by Crippen LogP contribution is 2.39. The lowest BCUT2D eigenvalue weighted by Gasteiger charge is -2.17. The predicted octanol–water partition coefficient (Wildman–Crippen LogP) is 2.12. The molecule has 0 aromatic carbocycles. The van der Waals surface area contributed by atoms with Crippen LogP contribution < -0.4 is 0 Å². The molecule has 0 aromatic heterocycles. The van der Waals surface area contributed by atoms with Gasteiger partial charge in [0.25, 0.3) is 0 Å². The first-order chi connectivity index (χ1) is 7.31. The topological polar surface area (TPSA) is 38.8 Å². The first kappa shape index (κ1) is 11.2. The van der Waals surface area contributed by atoms with Gasteiger partial charge in [-0.1, -0.05) is 0 Å². The molecule has 2 aliphatic rings. The summed E-state index contributed by atoms with van der Waals surface area (Å²) < 4.78 is 10.6. The Balaban J connectivity index is 1.62. The van der Waals surface area contributed by atoms with Gasteiger partial charge in [0.2, 0.25) is 0 Å². The number of esters is 1. The highest BCUT2D eigenvalue weighted by molar-refractivity contribution is 6.17. The van der Waals surface area contributed by atoms with Gasteiger partial charge in [0.15, 0.2) is 0 Å². The van der Waals surface area contributed by atoms with Gasteiger partial charge < -0.3 is 9.47 Å². The molecule has 1 heterocycles. The Bertz CT molecular complexity index is 232. The van der Waals surface area contributed by atoms with Crippen molar-refractivity contribution in [3.05, 3.63) is 0 Å². The van der Waals surface area contributed by atoms with E-state index >= 15 is 0 Å². The van der Waals surface area contributed by atoms with Crippen LogP contribution in [0.25, 0.3) is 0 Å². The molecular formula is C11H17ClO3. The molecule has 4 heteroatoms. The molecule has 15 heavy (non-hydrogen) atoms. The van der Waals surface area contributed by atoms with Crippen LogP contribution in [0.4, 0.5) is 0 Å². The number of halogens is 1. The second-order valence-corrected chi connectivity index (χ2v) is 4.66. The summed E-state index contributed by atoms with van der Waals surface area (Å²) in [5, 5.41) is 0. The smallest absolute Gasteiger partial charge is 0.309 e. The summed E-state index contributed by atoms with van der Waals surface area (Å²) in [6.07, 6.45) is 5.38. The number of carbonyl (C=O) groups excluding carboxylic acids is 1. The largest absolute Gasteiger partial charge is 0.465 e. The molecule has 3 nitrogen and oxygen atoms in total. The first-order valence-corrected chi connectivity index (χ1v) is 6.23. The lowest BCUT2D eigenvalue weighted by atomic mass is 9.89. The molecule has 1 saturated heterocycles. The van der Waals surface area contributed by atoms with Crippen LogP contribution in [0.1, 0.15) is 32.1 Å². The third kappa shape index (κ3) is 3.08. The van der Waals surface area contributed by atoms with Gasteiger partial charge in [0.1, 0.15) is 0 Å². The van der Waals surface area contributed by atoms with Crippen LogP contribution in [-0.4, -0.2) is 30.7 Å². The Hall–Kier alpha value is -0.280. The molecule has 0 spiro atoms. The molecule has 1 saturated carbocycles. The molecule has 1 aliphatic carbocycles.